The highest BCUT2D eigenvalue weighted by Gasteiger charge is 2.10. The van der Waals surface area contributed by atoms with E-state index in [1.807, 2.05) is 89.9 Å². The summed E-state index contributed by atoms with van der Waals surface area (Å²) in [6, 6.07) is 28.0. The first-order valence-corrected chi connectivity index (χ1v) is 9.13. The van der Waals surface area contributed by atoms with Crippen LogP contribution in [0.4, 0.5) is 0 Å². The van der Waals surface area contributed by atoms with Crippen molar-refractivity contribution < 1.29 is 0 Å². The van der Waals surface area contributed by atoms with E-state index in [1.165, 1.54) is 0 Å². The van der Waals surface area contributed by atoms with Gasteiger partial charge in [-0.05, 0) is 23.8 Å². The van der Waals surface area contributed by atoms with Crippen molar-refractivity contribution in [3.05, 3.63) is 107 Å². The molecular formula is C23H18ClN3. The molecule has 0 N–H and O–H groups in total. The van der Waals surface area contributed by atoms with Gasteiger partial charge in [-0.1, -0.05) is 78.3 Å². The third-order valence-corrected chi connectivity index (χ3v) is 4.63. The van der Waals surface area contributed by atoms with Gasteiger partial charge in [0, 0.05) is 28.6 Å². The van der Waals surface area contributed by atoms with Crippen molar-refractivity contribution in [2.24, 2.45) is 4.99 Å². The standard InChI is InChI=1S/C23H18ClN3/c24-22-14-8-7-11-19(22)15-25-16-20-17-27(21-12-5-2-6-13-21)26-23(20)18-9-3-1-4-10-18/h1-14,16-17H,15H2/b25-16+. The second kappa shape index (κ2) is 8.02. The van der Waals surface area contributed by atoms with E-state index < -0.39 is 0 Å². The smallest absolute Gasteiger partial charge is 0.101 e. The normalized spacial score (nSPS) is 11.1. The molecule has 4 rings (SSSR count). The third-order valence-electron chi connectivity index (χ3n) is 4.26. The predicted octanol–water partition coefficient (Wildman–Crippen LogP) is 5.81. The molecule has 0 saturated heterocycles. The molecule has 0 aliphatic carbocycles. The van der Waals surface area contributed by atoms with Crippen LogP contribution in [0.25, 0.3) is 16.9 Å². The van der Waals surface area contributed by atoms with Crippen LogP contribution in [0.3, 0.4) is 0 Å². The largest absolute Gasteiger partial charge is 0.288 e. The lowest BCUT2D eigenvalue weighted by Gasteiger charge is -2.00. The molecule has 0 atom stereocenters. The van der Waals surface area contributed by atoms with Gasteiger partial charge in [0.15, 0.2) is 0 Å². The van der Waals surface area contributed by atoms with Crippen molar-refractivity contribution in [1.82, 2.24) is 9.78 Å². The van der Waals surface area contributed by atoms with Gasteiger partial charge in [-0.3, -0.25) is 4.99 Å². The summed E-state index contributed by atoms with van der Waals surface area (Å²) in [5.74, 6) is 0. The summed E-state index contributed by atoms with van der Waals surface area (Å²) >= 11 is 6.23. The molecule has 0 bridgehead atoms. The highest BCUT2D eigenvalue weighted by atomic mass is 35.5. The number of para-hydroxylation sites is 1. The molecule has 0 amide bonds. The van der Waals surface area contributed by atoms with Gasteiger partial charge in [0.2, 0.25) is 0 Å². The van der Waals surface area contributed by atoms with Crippen LogP contribution < -0.4 is 0 Å². The van der Waals surface area contributed by atoms with Crippen molar-refractivity contribution >= 4 is 17.8 Å². The number of benzene rings is 3. The van der Waals surface area contributed by atoms with E-state index in [0.717, 1.165) is 33.1 Å². The lowest BCUT2D eigenvalue weighted by atomic mass is 10.1. The summed E-state index contributed by atoms with van der Waals surface area (Å²) in [6.07, 6.45) is 3.88. The zero-order valence-corrected chi connectivity index (χ0v) is 15.4. The van der Waals surface area contributed by atoms with E-state index in [2.05, 4.69) is 17.1 Å². The molecule has 1 heterocycles. The molecular weight excluding hydrogens is 354 g/mol. The van der Waals surface area contributed by atoms with Crippen LogP contribution in [-0.4, -0.2) is 16.0 Å². The first kappa shape index (κ1) is 17.3. The number of nitrogens with zero attached hydrogens (tertiary/aromatic N) is 3. The molecule has 3 nitrogen and oxygen atoms in total. The molecule has 1 aromatic heterocycles. The van der Waals surface area contributed by atoms with Crippen molar-refractivity contribution in [2.75, 3.05) is 0 Å². The summed E-state index contributed by atoms with van der Waals surface area (Å²) in [5, 5.41) is 5.53. The molecule has 3 aromatic carbocycles. The molecule has 0 fully saturated rings. The maximum absolute atomic E-state index is 6.23. The molecule has 0 radical (unpaired) electrons. The summed E-state index contributed by atoms with van der Waals surface area (Å²) in [4.78, 5) is 4.60. The zero-order chi connectivity index (χ0) is 18.5. The summed E-state index contributed by atoms with van der Waals surface area (Å²) in [6.45, 7) is 0.532. The predicted molar refractivity (Wildman–Crippen MR) is 112 cm³/mol. The van der Waals surface area contributed by atoms with Crippen LogP contribution in [-0.2, 0) is 6.54 Å². The van der Waals surface area contributed by atoms with Crippen LogP contribution in [0.2, 0.25) is 5.02 Å². The lowest BCUT2D eigenvalue weighted by Crippen LogP contribution is -1.93. The van der Waals surface area contributed by atoms with Crippen molar-refractivity contribution in [2.45, 2.75) is 6.54 Å². The second-order valence-corrected chi connectivity index (χ2v) is 6.55. The van der Waals surface area contributed by atoms with Crippen LogP contribution in [0.1, 0.15) is 11.1 Å². The van der Waals surface area contributed by atoms with E-state index in [1.54, 1.807) is 0 Å². The molecule has 0 unspecified atom stereocenters. The molecule has 27 heavy (non-hydrogen) atoms. The van der Waals surface area contributed by atoms with Gasteiger partial charge in [-0.15, -0.1) is 0 Å². The van der Waals surface area contributed by atoms with Crippen LogP contribution in [0.5, 0.6) is 0 Å². The van der Waals surface area contributed by atoms with Gasteiger partial charge in [-0.25, -0.2) is 4.68 Å². The Labute approximate surface area is 163 Å². The second-order valence-electron chi connectivity index (χ2n) is 6.14. The van der Waals surface area contributed by atoms with Crippen molar-refractivity contribution in [3.8, 4) is 16.9 Å². The van der Waals surface area contributed by atoms with E-state index in [-0.39, 0.29) is 0 Å². The highest BCUT2D eigenvalue weighted by Crippen LogP contribution is 2.23. The molecule has 0 aliphatic rings. The monoisotopic (exact) mass is 371 g/mol. The Kier molecular flexibility index (Phi) is 5.13. The Hall–Kier alpha value is -3.17. The molecule has 0 spiro atoms. The molecule has 4 heteroatoms. The summed E-state index contributed by atoms with van der Waals surface area (Å²) in [5.41, 5.74) is 4.96. The molecule has 132 valence electrons. The maximum atomic E-state index is 6.23. The minimum Gasteiger partial charge on any atom is -0.288 e. The zero-order valence-electron chi connectivity index (χ0n) is 14.7. The lowest BCUT2D eigenvalue weighted by molar-refractivity contribution is 0.884. The minimum atomic E-state index is 0.532. The average Bonchev–Trinajstić information content (AvgIpc) is 3.15. The van der Waals surface area contributed by atoms with Crippen LogP contribution >= 0.6 is 11.6 Å². The quantitative estimate of drug-likeness (QED) is 0.407. The van der Waals surface area contributed by atoms with E-state index >= 15 is 0 Å². The fraction of sp³-hybridized carbons (Fsp3) is 0.0435. The fourth-order valence-electron chi connectivity index (χ4n) is 2.88. The molecule has 4 aromatic rings. The average molecular weight is 372 g/mol. The highest BCUT2D eigenvalue weighted by molar-refractivity contribution is 6.31. The van der Waals surface area contributed by atoms with Crippen LogP contribution in [0, 0.1) is 0 Å². The summed E-state index contributed by atoms with van der Waals surface area (Å²) < 4.78 is 1.89. The Bertz CT molecular complexity index is 1050. The topological polar surface area (TPSA) is 30.2 Å². The Morgan fingerprint density at radius 1 is 0.852 bits per heavy atom. The SMILES string of the molecule is Clc1ccccc1C/N=C/c1cn(-c2ccccc2)nc1-c1ccccc1. The minimum absolute atomic E-state index is 0.532. The van der Waals surface area contributed by atoms with Crippen molar-refractivity contribution in [1.29, 1.82) is 0 Å². The van der Waals surface area contributed by atoms with Crippen molar-refractivity contribution in [3.63, 3.8) is 0 Å². The summed E-state index contributed by atoms with van der Waals surface area (Å²) in [7, 11) is 0. The van der Waals surface area contributed by atoms with Gasteiger partial charge in [0.05, 0.1) is 12.2 Å². The van der Waals surface area contributed by atoms with Crippen LogP contribution in [0.15, 0.2) is 96.1 Å². The molecule has 0 saturated carbocycles. The number of hydrogen-bond acceptors (Lipinski definition) is 2. The number of hydrogen-bond donors (Lipinski definition) is 0. The number of aromatic nitrogens is 2. The first-order valence-electron chi connectivity index (χ1n) is 8.75. The van der Waals surface area contributed by atoms with Gasteiger partial charge < -0.3 is 0 Å². The number of rotatable bonds is 5. The van der Waals surface area contributed by atoms with Gasteiger partial charge >= 0.3 is 0 Å². The van der Waals surface area contributed by atoms with Gasteiger partial charge in [-0.2, -0.15) is 5.10 Å². The Morgan fingerprint density at radius 2 is 1.52 bits per heavy atom. The van der Waals surface area contributed by atoms with E-state index in [9.17, 15) is 0 Å². The maximum Gasteiger partial charge on any atom is 0.101 e. The number of aliphatic imine (C=N–C) groups is 1. The Morgan fingerprint density at radius 3 is 2.26 bits per heavy atom. The third kappa shape index (κ3) is 3.99. The first-order chi connectivity index (χ1) is 13.3. The van der Waals surface area contributed by atoms with Gasteiger partial charge in [0.1, 0.15) is 5.69 Å². The van der Waals surface area contributed by atoms with E-state index in [0.29, 0.717) is 6.54 Å². The fourth-order valence-corrected chi connectivity index (χ4v) is 3.08. The number of halogens is 1. The van der Waals surface area contributed by atoms with Gasteiger partial charge in [0.25, 0.3) is 0 Å². The van der Waals surface area contributed by atoms with E-state index in [4.69, 9.17) is 16.7 Å². The Balaban J connectivity index is 1.69. The molecule has 0 aliphatic heterocycles.